The smallest absolute Gasteiger partial charge is 0.101 e. The first kappa shape index (κ1) is 16.4. The molecule has 0 bridgehead atoms. The predicted octanol–water partition coefficient (Wildman–Crippen LogP) is 5.60. The lowest BCUT2D eigenvalue weighted by Gasteiger charge is -2.30. The summed E-state index contributed by atoms with van der Waals surface area (Å²) < 4.78 is 0. The highest BCUT2D eigenvalue weighted by atomic mass is 14.9. The molecule has 1 saturated carbocycles. The highest BCUT2D eigenvalue weighted by Crippen LogP contribution is 2.29. The van der Waals surface area contributed by atoms with Crippen LogP contribution in [0.4, 0.5) is 17.1 Å². The standard InChI is InChI=1S/C21H25N3/c1-15-6-5-8-18(12-15)24-21-13-19(11-10-17(21)14-22)23-20-9-4-3-7-16(20)2/h5-6,8,10-13,16,20,23-24H,3-4,7,9H2,1-2H3/t16-,20+/m0/s1. The molecular weight excluding hydrogens is 294 g/mol. The fourth-order valence-corrected chi connectivity index (χ4v) is 3.46. The van der Waals surface area contributed by atoms with Gasteiger partial charge in [0.25, 0.3) is 0 Å². The highest BCUT2D eigenvalue weighted by molar-refractivity contribution is 5.71. The normalized spacial score (nSPS) is 20.2. The van der Waals surface area contributed by atoms with Crippen molar-refractivity contribution in [2.24, 2.45) is 5.92 Å². The monoisotopic (exact) mass is 319 g/mol. The number of rotatable bonds is 4. The van der Waals surface area contributed by atoms with Crippen molar-refractivity contribution in [1.29, 1.82) is 5.26 Å². The van der Waals surface area contributed by atoms with Gasteiger partial charge in [0.1, 0.15) is 6.07 Å². The van der Waals surface area contributed by atoms with Gasteiger partial charge in [-0.2, -0.15) is 5.26 Å². The number of anilines is 3. The molecule has 0 aromatic heterocycles. The minimum atomic E-state index is 0.526. The summed E-state index contributed by atoms with van der Waals surface area (Å²) in [6.07, 6.45) is 5.16. The first-order valence-corrected chi connectivity index (χ1v) is 8.80. The fourth-order valence-electron chi connectivity index (χ4n) is 3.46. The van der Waals surface area contributed by atoms with E-state index in [0.29, 0.717) is 17.5 Å². The third-order valence-electron chi connectivity index (χ3n) is 4.90. The zero-order chi connectivity index (χ0) is 16.9. The average molecular weight is 319 g/mol. The van der Waals surface area contributed by atoms with Crippen LogP contribution in [0.1, 0.15) is 43.7 Å². The molecule has 0 spiro atoms. The molecule has 3 nitrogen and oxygen atoms in total. The lowest BCUT2D eigenvalue weighted by molar-refractivity contribution is 0.349. The molecule has 0 aliphatic heterocycles. The predicted molar refractivity (Wildman–Crippen MR) is 101 cm³/mol. The minimum Gasteiger partial charge on any atom is -0.382 e. The molecule has 3 rings (SSSR count). The SMILES string of the molecule is Cc1cccc(Nc2cc(N[C@@H]3CCCC[C@@H]3C)ccc2C#N)c1. The highest BCUT2D eigenvalue weighted by Gasteiger charge is 2.21. The molecule has 2 N–H and O–H groups in total. The molecule has 0 radical (unpaired) electrons. The van der Waals surface area contributed by atoms with E-state index in [2.05, 4.69) is 48.7 Å². The van der Waals surface area contributed by atoms with E-state index in [1.807, 2.05) is 24.3 Å². The Balaban J connectivity index is 1.81. The van der Waals surface area contributed by atoms with E-state index in [-0.39, 0.29) is 0 Å². The third kappa shape index (κ3) is 3.89. The number of hydrogen-bond donors (Lipinski definition) is 2. The van der Waals surface area contributed by atoms with Crippen LogP contribution in [0.3, 0.4) is 0 Å². The molecule has 0 heterocycles. The largest absolute Gasteiger partial charge is 0.382 e. The second kappa shape index (κ2) is 7.40. The quantitative estimate of drug-likeness (QED) is 0.771. The Morgan fingerprint density at radius 2 is 1.88 bits per heavy atom. The van der Waals surface area contributed by atoms with Gasteiger partial charge in [0.2, 0.25) is 0 Å². The van der Waals surface area contributed by atoms with E-state index in [1.54, 1.807) is 0 Å². The van der Waals surface area contributed by atoms with Crippen molar-refractivity contribution < 1.29 is 0 Å². The molecule has 0 unspecified atom stereocenters. The zero-order valence-electron chi connectivity index (χ0n) is 14.5. The number of aryl methyl sites for hydroxylation is 1. The van der Waals surface area contributed by atoms with Crippen molar-refractivity contribution >= 4 is 17.1 Å². The Morgan fingerprint density at radius 3 is 2.62 bits per heavy atom. The van der Waals surface area contributed by atoms with E-state index in [9.17, 15) is 5.26 Å². The van der Waals surface area contributed by atoms with E-state index in [1.165, 1.54) is 31.2 Å². The maximum Gasteiger partial charge on any atom is 0.101 e. The molecule has 1 aliphatic carbocycles. The zero-order valence-corrected chi connectivity index (χ0v) is 14.5. The van der Waals surface area contributed by atoms with Crippen LogP contribution in [0, 0.1) is 24.2 Å². The first-order valence-electron chi connectivity index (χ1n) is 8.80. The van der Waals surface area contributed by atoms with Gasteiger partial charge in [-0.25, -0.2) is 0 Å². The van der Waals surface area contributed by atoms with Crippen molar-refractivity contribution in [1.82, 2.24) is 0 Å². The maximum atomic E-state index is 9.39. The van der Waals surface area contributed by atoms with Gasteiger partial charge in [-0.3, -0.25) is 0 Å². The lowest BCUT2D eigenvalue weighted by Crippen LogP contribution is -2.30. The molecule has 24 heavy (non-hydrogen) atoms. The van der Waals surface area contributed by atoms with Crippen molar-refractivity contribution in [3.05, 3.63) is 53.6 Å². The minimum absolute atomic E-state index is 0.526. The van der Waals surface area contributed by atoms with Gasteiger partial charge in [-0.15, -0.1) is 0 Å². The van der Waals surface area contributed by atoms with Gasteiger partial charge >= 0.3 is 0 Å². The molecule has 1 fully saturated rings. The molecule has 0 saturated heterocycles. The number of hydrogen-bond acceptors (Lipinski definition) is 3. The van der Waals surface area contributed by atoms with E-state index >= 15 is 0 Å². The number of benzene rings is 2. The summed E-state index contributed by atoms with van der Waals surface area (Å²) in [5, 5.41) is 16.5. The summed E-state index contributed by atoms with van der Waals surface area (Å²) in [4.78, 5) is 0. The molecule has 2 atom stereocenters. The molecule has 124 valence electrons. The molecule has 1 aliphatic rings. The topological polar surface area (TPSA) is 47.8 Å². The molecular formula is C21H25N3. The summed E-state index contributed by atoms with van der Waals surface area (Å²) in [7, 11) is 0. The van der Waals surface area contributed by atoms with Crippen molar-refractivity contribution in [3.63, 3.8) is 0 Å². The Labute approximate surface area is 144 Å². The number of nitrogens with zero attached hydrogens (tertiary/aromatic N) is 1. The summed E-state index contributed by atoms with van der Waals surface area (Å²) in [5.41, 5.74) is 4.82. The molecule has 0 amide bonds. The summed E-state index contributed by atoms with van der Waals surface area (Å²) in [6.45, 7) is 4.39. The van der Waals surface area contributed by atoms with Crippen LogP contribution < -0.4 is 10.6 Å². The van der Waals surface area contributed by atoms with Crippen LogP contribution in [-0.4, -0.2) is 6.04 Å². The second-order valence-electron chi connectivity index (χ2n) is 6.88. The van der Waals surface area contributed by atoms with Crippen LogP contribution in [0.15, 0.2) is 42.5 Å². The van der Waals surface area contributed by atoms with Crippen molar-refractivity contribution in [2.45, 2.75) is 45.6 Å². The van der Waals surface area contributed by atoms with Crippen molar-refractivity contribution in [3.8, 4) is 6.07 Å². The Kier molecular flexibility index (Phi) is 5.05. The Bertz CT molecular complexity index is 745. The van der Waals surface area contributed by atoms with E-state index in [4.69, 9.17) is 0 Å². The van der Waals surface area contributed by atoms with Gasteiger partial charge in [0, 0.05) is 17.4 Å². The van der Waals surface area contributed by atoms with Gasteiger partial charge < -0.3 is 10.6 Å². The summed E-state index contributed by atoms with van der Waals surface area (Å²) >= 11 is 0. The van der Waals surface area contributed by atoms with Crippen LogP contribution in [-0.2, 0) is 0 Å². The number of nitriles is 1. The lowest BCUT2D eigenvalue weighted by atomic mass is 9.86. The van der Waals surface area contributed by atoms with Gasteiger partial charge in [-0.1, -0.05) is 31.9 Å². The van der Waals surface area contributed by atoms with Crippen LogP contribution >= 0.6 is 0 Å². The van der Waals surface area contributed by atoms with Crippen LogP contribution in [0.5, 0.6) is 0 Å². The van der Waals surface area contributed by atoms with Gasteiger partial charge in [0.15, 0.2) is 0 Å². The van der Waals surface area contributed by atoms with Gasteiger partial charge in [0.05, 0.1) is 11.3 Å². The van der Waals surface area contributed by atoms with Crippen LogP contribution in [0.2, 0.25) is 0 Å². The molecule has 2 aromatic carbocycles. The molecule has 2 aromatic rings. The third-order valence-corrected chi connectivity index (χ3v) is 4.90. The average Bonchev–Trinajstić information content (AvgIpc) is 2.57. The fraction of sp³-hybridized carbons (Fsp3) is 0.381. The maximum absolute atomic E-state index is 9.39. The van der Waals surface area contributed by atoms with E-state index < -0.39 is 0 Å². The van der Waals surface area contributed by atoms with Crippen molar-refractivity contribution in [2.75, 3.05) is 10.6 Å². The second-order valence-corrected chi connectivity index (χ2v) is 6.88. The first-order chi connectivity index (χ1) is 11.7. The summed E-state index contributed by atoms with van der Waals surface area (Å²) in [6, 6.07) is 17.0. The van der Waals surface area contributed by atoms with Crippen LogP contribution in [0.25, 0.3) is 0 Å². The Morgan fingerprint density at radius 1 is 1.04 bits per heavy atom. The Hall–Kier alpha value is -2.47. The summed E-state index contributed by atoms with van der Waals surface area (Å²) in [5.74, 6) is 0.697. The number of nitrogens with one attached hydrogen (secondary N) is 2. The van der Waals surface area contributed by atoms with E-state index in [0.717, 1.165) is 17.1 Å². The molecule has 3 heteroatoms. The van der Waals surface area contributed by atoms with Gasteiger partial charge in [-0.05, 0) is 61.6 Å².